The predicted molar refractivity (Wildman–Crippen MR) is 187 cm³/mol. The van der Waals surface area contributed by atoms with Crippen molar-refractivity contribution in [3.63, 3.8) is 0 Å². The first-order chi connectivity index (χ1) is 22.2. The first-order valence-corrected chi connectivity index (χ1v) is 16.0. The standard InChI is InChI=1S/C41H38N4O.Pt/c1-7-11-35-39(29-18-16-27(2)17-19-29)40(41(4,5)6)45(43-35)30-12-10-13-31(25-30)46-32-20-21-34-33-14-8-9-15-36(33)44(37(34)26-32)38-24-28(3)22-23-42-38;/h8-10,12-24H,7,11H2,1-6H3;/q-2;+2. The largest absolute Gasteiger partial charge is 2.00 e. The summed E-state index contributed by atoms with van der Waals surface area (Å²) in [4.78, 5) is 4.70. The van der Waals surface area contributed by atoms with Crippen molar-refractivity contribution in [2.45, 2.75) is 59.8 Å². The summed E-state index contributed by atoms with van der Waals surface area (Å²) in [5.74, 6) is 2.07. The van der Waals surface area contributed by atoms with Crippen LogP contribution in [-0.2, 0) is 32.9 Å². The number of aromatic nitrogens is 4. The number of nitrogens with zero attached hydrogens (tertiary/aromatic N) is 4. The third kappa shape index (κ3) is 6.17. The molecule has 7 aromatic rings. The van der Waals surface area contributed by atoms with Crippen molar-refractivity contribution in [2.24, 2.45) is 0 Å². The van der Waals surface area contributed by atoms with Crippen LogP contribution < -0.4 is 4.74 Å². The zero-order valence-corrected chi connectivity index (χ0v) is 29.9. The van der Waals surface area contributed by atoms with Gasteiger partial charge in [0, 0.05) is 34.2 Å². The third-order valence-corrected chi connectivity index (χ3v) is 8.38. The van der Waals surface area contributed by atoms with Crippen molar-refractivity contribution in [3.05, 3.63) is 132 Å². The van der Waals surface area contributed by atoms with Crippen LogP contribution in [0.25, 0.3) is 44.4 Å². The molecule has 6 heteroatoms. The van der Waals surface area contributed by atoms with Gasteiger partial charge in [-0.2, -0.15) is 17.2 Å². The van der Waals surface area contributed by atoms with Crippen LogP contribution in [-0.4, -0.2) is 19.3 Å². The minimum atomic E-state index is -0.167. The van der Waals surface area contributed by atoms with Crippen LogP contribution >= 0.6 is 0 Å². The van der Waals surface area contributed by atoms with E-state index in [4.69, 9.17) is 14.8 Å². The summed E-state index contributed by atoms with van der Waals surface area (Å²) in [6.07, 6.45) is 3.76. The van der Waals surface area contributed by atoms with Crippen molar-refractivity contribution < 1.29 is 25.8 Å². The van der Waals surface area contributed by atoms with Crippen molar-refractivity contribution in [1.82, 2.24) is 19.3 Å². The summed E-state index contributed by atoms with van der Waals surface area (Å²) in [5, 5.41) is 7.46. The molecule has 7 rings (SSSR count). The van der Waals surface area contributed by atoms with E-state index in [0.29, 0.717) is 11.5 Å². The van der Waals surface area contributed by atoms with E-state index < -0.39 is 0 Å². The van der Waals surface area contributed by atoms with Crippen LogP contribution in [0, 0.1) is 26.0 Å². The van der Waals surface area contributed by atoms with Gasteiger partial charge in [0.1, 0.15) is 5.82 Å². The second kappa shape index (κ2) is 13.0. The molecule has 0 fully saturated rings. The molecule has 0 aliphatic carbocycles. The molecule has 0 aliphatic heterocycles. The van der Waals surface area contributed by atoms with E-state index in [-0.39, 0.29) is 26.5 Å². The Kier molecular flexibility index (Phi) is 8.96. The van der Waals surface area contributed by atoms with Gasteiger partial charge in [-0.25, -0.2) is 4.98 Å². The number of rotatable bonds is 7. The zero-order chi connectivity index (χ0) is 32.0. The number of ether oxygens (including phenoxy) is 1. The van der Waals surface area contributed by atoms with Crippen LogP contribution in [0.15, 0.2) is 97.2 Å². The molecule has 0 radical (unpaired) electrons. The molecule has 4 aromatic carbocycles. The molecule has 0 spiro atoms. The smallest absolute Gasteiger partial charge is 0.509 e. The Morgan fingerprint density at radius 3 is 2.30 bits per heavy atom. The Morgan fingerprint density at radius 1 is 0.787 bits per heavy atom. The van der Waals surface area contributed by atoms with Gasteiger partial charge < -0.3 is 9.30 Å². The molecule has 0 bridgehead atoms. The number of para-hydroxylation sites is 1. The summed E-state index contributed by atoms with van der Waals surface area (Å²) < 4.78 is 10.7. The van der Waals surface area contributed by atoms with Gasteiger partial charge in [-0.1, -0.05) is 87.7 Å². The Hall–Kier alpha value is -4.47. The fourth-order valence-corrected chi connectivity index (χ4v) is 6.32. The summed E-state index contributed by atoms with van der Waals surface area (Å²) in [6, 6.07) is 38.5. The minimum Gasteiger partial charge on any atom is -0.509 e. The van der Waals surface area contributed by atoms with E-state index >= 15 is 0 Å². The third-order valence-electron chi connectivity index (χ3n) is 8.38. The number of benzene rings is 4. The molecule has 0 unspecified atom stereocenters. The Bertz CT molecular complexity index is 2200. The van der Waals surface area contributed by atoms with E-state index in [9.17, 15) is 0 Å². The molecule has 238 valence electrons. The van der Waals surface area contributed by atoms with Gasteiger partial charge in [-0.3, -0.25) is 4.68 Å². The maximum absolute atomic E-state index is 6.48. The molecular formula is C41H38N4OPt. The van der Waals surface area contributed by atoms with Gasteiger partial charge in [-0.05, 0) is 60.7 Å². The van der Waals surface area contributed by atoms with E-state index in [0.717, 1.165) is 63.1 Å². The summed E-state index contributed by atoms with van der Waals surface area (Å²) in [7, 11) is 0. The number of aryl methyl sites for hydroxylation is 3. The molecule has 5 nitrogen and oxygen atoms in total. The van der Waals surface area contributed by atoms with Crippen molar-refractivity contribution >= 4 is 21.8 Å². The van der Waals surface area contributed by atoms with Crippen LogP contribution in [0.1, 0.15) is 56.6 Å². The quantitative estimate of drug-likeness (QED) is 0.151. The topological polar surface area (TPSA) is 44.9 Å². The summed E-state index contributed by atoms with van der Waals surface area (Å²) in [5.41, 5.74) is 9.75. The maximum atomic E-state index is 6.48. The van der Waals surface area contributed by atoms with E-state index in [1.54, 1.807) is 0 Å². The normalized spacial score (nSPS) is 11.6. The maximum Gasteiger partial charge on any atom is 2.00 e. The molecule has 3 aromatic heterocycles. The second-order valence-electron chi connectivity index (χ2n) is 13.1. The van der Waals surface area contributed by atoms with Gasteiger partial charge >= 0.3 is 21.1 Å². The van der Waals surface area contributed by atoms with Crippen molar-refractivity contribution in [2.75, 3.05) is 0 Å². The molecule has 0 saturated carbocycles. The average Bonchev–Trinajstić information content (AvgIpc) is 3.58. The SMILES string of the molecule is CCCc1nn(-c2[c-]c(Oc3[c-]c4c(cc3)c3ccccc3n4-c3cc(C)ccn3)ccc2)c(C(C)(C)C)c1-c1ccc(C)cc1.[Pt+2]. The van der Waals surface area contributed by atoms with Crippen molar-refractivity contribution in [3.8, 4) is 34.1 Å². The van der Waals surface area contributed by atoms with Gasteiger partial charge in [0.05, 0.1) is 11.4 Å². The molecule has 0 N–H and O–H groups in total. The molecule has 47 heavy (non-hydrogen) atoms. The number of hydrogen-bond donors (Lipinski definition) is 0. The number of fused-ring (bicyclic) bond motifs is 3. The van der Waals surface area contributed by atoms with Gasteiger partial charge in [0.15, 0.2) is 0 Å². The zero-order valence-electron chi connectivity index (χ0n) is 27.7. The molecule has 0 aliphatic rings. The fourth-order valence-electron chi connectivity index (χ4n) is 6.32. The molecule has 0 amide bonds. The number of hydrogen-bond acceptors (Lipinski definition) is 3. The molecule has 0 atom stereocenters. The van der Waals surface area contributed by atoms with Crippen LogP contribution in [0.2, 0.25) is 0 Å². The number of pyridine rings is 1. The van der Waals surface area contributed by atoms with Crippen LogP contribution in [0.3, 0.4) is 0 Å². The predicted octanol–water partition coefficient (Wildman–Crippen LogP) is 10.3. The van der Waals surface area contributed by atoms with Crippen LogP contribution in [0.5, 0.6) is 11.5 Å². The van der Waals surface area contributed by atoms with E-state index in [1.165, 1.54) is 16.7 Å². The Labute approximate surface area is 291 Å². The van der Waals surface area contributed by atoms with Crippen LogP contribution in [0.4, 0.5) is 0 Å². The fraction of sp³-hybridized carbons (Fsp3) is 0.220. The first kappa shape index (κ1) is 32.5. The van der Waals surface area contributed by atoms with Crippen molar-refractivity contribution in [1.29, 1.82) is 0 Å². The first-order valence-electron chi connectivity index (χ1n) is 16.0. The summed E-state index contributed by atoms with van der Waals surface area (Å²) in [6.45, 7) is 13.2. The molecular weight excluding hydrogens is 760 g/mol. The monoisotopic (exact) mass is 797 g/mol. The Morgan fingerprint density at radius 2 is 1.55 bits per heavy atom. The average molecular weight is 798 g/mol. The van der Waals surface area contributed by atoms with Gasteiger partial charge in [0.2, 0.25) is 0 Å². The van der Waals surface area contributed by atoms with E-state index in [2.05, 4.69) is 130 Å². The Balaban J connectivity index is 0.00000386. The molecule has 0 saturated heterocycles. The minimum absolute atomic E-state index is 0. The van der Waals surface area contributed by atoms with Gasteiger partial charge in [-0.15, -0.1) is 35.7 Å². The molecule has 3 heterocycles. The van der Waals surface area contributed by atoms with Gasteiger partial charge in [0.25, 0.3) is 0 Å². The summed E-state index contributed by atoms with van der Waals surface area (Å²) >= 11 is 0. The second-order valence-corrected chi connectivity index (χ2v) is 13.1. The van der Waals surface area contributed by atoms with E-state index in [1.807, 2.05) is 30.5 Å².